The van der Waals surface area contributed by atoms with Crippen LogP contribution in [0, 0.1) is 12.5 Å². The highest BCUT2D eigenvalue weighted by Gasteiger charge is 2.19. The van der Waals surface area contributed by atoms with Gasteiger partial charge in [-0.05, 0) is 35.6 Å². The number of hydrogen-bond acceptors (Lipinski definition) is 1. The van der Waals surface area contributed by atoms with Gasteiger partial charge in [-0.1, -0.05) is 61.3 Å². The van der Waals surface area contributed by atoms with Crippen molar-refractivity contribution in [3.05, 3.63) is 76.1 Å². The highest BCUT2D eigenvalue weighted by atomic mass is 35.5. The molecule has 0 aliphatic carbocycles. The van der Waals surface area contributed by atoms with Gasteiger partial charge in [0.05, 0.1) is 12.7 Å². The van der Waals surface area contributed by atoms with Crippen LogP contribution in [0.3, 0.4) is 0 Å². The second kappa shape index (κ2) is 7.26. The van der Waals surface area contributed by atoms with Gasteiger partial charge in [-0.25, -0.2) is 4.85 Å². The van der Waals surface area contributed by atoms with Crippen molar-refractivity contribution in [1.82, 2.24) is 0 Å². The first-order chi connectivity index (χ1) is 10.1. The smallest absolute Gasteiger partial charge is 0.187 e. The SMILES string of the molecule is [C-]#[N+]c1cccc(C(O)C(CC)Cc2ccc(Cl)cc2)c1. The van der Waals surface area contributed by atoms with Gasteiger partial charge in [0.15, 0.2) is 5.69 Å². The van der Waals surface area contributed by atoms with Gasteiger partial charge in [0.2, 0.25) is 0 Å². The molecular weight excluding hydrogens is 282 g/mol. The minimum atomic E-state index is -0.563. The molecule has 0 amide bonds. The zero-order valence-corrected chi connectivity index (χ0v) is 12.7. The highest BCUT2D eigenvalue weighted by molar-refractivity contribution is 6.30. The van der Waals surface area contributed by atoms with Gasteiger partial charge in [-0.15, -0.1) is 0 Å². The van der Waals surface area contributed by atoms with Gasteiger partial charge in [-0.2, -0.15) is 0 Å². The summed E-state index contributed by atoms with van der Waals surface area (Å²) in [5, 5.41) is 11.3. The lowest BCUT2D eigenvalue weighted by Gasteiger charge is -2.22. The minimum absolute atomic E-state index is 0.118. The molecule has 0 radical (unpaired) electrons. The van der Waals surface area contributed by atoms with E-state index in [9.17, 15) is 5.11 Å². The fraction of sp³-hybridized carbons (Fsp3) is 0.278. The summed E-state index contributed by atoms with van der Waals surface area (Å²) in [5.74, 6) is 0.118. The summed E-state index contributed by atoms with van der Waals surface area (Å²) in [5.41, 5.74) is 2.53. The molecule has 21 heavy (non-hydrogen) atoms. The highest BCUT2D eigenvalue weighted by Crippen LogP contribution is 2.30. The van der Waals surface area contributed by atoms with Crippen molar-refractivity contribution < 1.29 is 5.11 Å². The normalized spacial score (nSPS) is 13.4. The van der Waals surface area contributed by atoms with E-state index in [0.717, 1.165) is 29.0 Å². The molecule has 2 nitrogen and oxygen atoms in total. The van der Waals surface area contributed by atoms with E-state index in [4.69, 9.17) is 18.2 Å². The lowest BCUT2D eigenvalue weighted by atomic mass is 9.88. The number of halogens is 1. The average molecular weight is 300 g/mol. The van der Waals surface area contributed by atoms with Gasteiger partial charge in [0.1, 0.15) is 0 Å². The van der Waals surface area contributed by atoms with Crippen molar-refractivity contribution in [3.63, 3.8) is 0 Å². The topological polar surface area (TPSA) is 24.6 Å². The van der Waals surface area contributed by atoms with E-state index in [1.165, 1.54) is 0 Å². The van der Waals surface area contributed by atoms with E-state index >= 15 is 0 Å². The molecule has 0 bridgehead atoms. The molecule has 1 N–H and O–H groups in total. The van der Waals surface area contributed by atoms with Crippen LogP contribution in [0.1, 0.15) is 30.6 Å². The van der Waals surface area contributed by atoms with Gasteiger partial charge in [0.25, 0.3) is 0 Å². The summed E-state index contributed by atoms with van der Waals surface area (Å²) in [6, 6.07) is 14.9. The first kappa shape index (κ1) is 15.6. The van der Waals surface area contributed by atoms with Gasteiger partial charge < -0.3 is 5.11 Å². The Morgan fingerprint density at radius 2 is 1.90 bits per heavy atom. The molecule has 0 saturated carbocycles. The van der Waals surface area contributed by atoms with Crippen molar-refractivity contribution in [2.75, 3.05) is 0 Å². The largest absolute Gasteiger partial charge is 0.388 e. The van der Waals surface area contributed by atoms with Gasteiger partial charge in [-0.3, -0.25) is 0 Å². The number of benzene rings is 2. The number of aliphatic hydroxyl groups is 1. The zero-order chi connectivity index (χ0) is 15.2. The van der Waals surface area contributed by atoms with E-state index in [0.29, 0.717) is 5.69 Å². The summed E-state index contributed by atoms with van der Waals surface area (Å²) < 4.78 is 0. The predicted octanol–water partition coefficient (Wildman–Crippen LogP) is 5.19. The Labute approximate surface area is 130 Å². The number of aliphatic hydroxyl groups excluding tert-OH is 1. The summed E-state index contributed by atoms with van der Waals surface area (Å²) in [7, 11) is 0. The van der Waals surface area contributed by atoms with Crippen LogP contribution in [-0.4, -0.2) is 5.11 Å². The standard InChI is InChI=1S/C18H18ClNO/c1-3-14(11-13-7-9-16(19)10-8-13)18(21)15-5-4-6-17(12-15)20-2/h4-10,12,14,18,21H,3,11H2,1H3. The van der Waals surface area contributed by atoms with Crippen LogP contribution >= 0.6 is 11.6 Å². The van der Waals surface area contributed by atoms with Crippen LogP contribution in [0.25, 0.3) is 4.85 Å². The average Bonchev–Trinajstić information content (AvgIpc) is 2.53. The van der Waals surface area contributed by atoms with Crippen molar-refractivity contribution >= 4 is 17.3 Å². The first-order valence-corrected chi connectivity index (χ1v) is 7.41. The Balaban J connectivity index is 2.16. The van der Waals surface area contributed by atoms with Crippen LogP contribution in [0.15, 0.2) is 48.5 Å². The maximum atomic E-state index is 10.6. The van der Waals surface area contributed by atoms with E-state index < -0.39 is 6.10 Å². The molecule has 2 aromatic rings. The van der Waals surface area contributed by atoms with Crippen LogP contribution in [0.5, 0.6) is 0 Å². The van der Waals surface area contributed by atoms with Gasteiger partial charge in [0, 0.05) is 5.02 Å². The fourth-order valence-electron chi connectivity index (χ4n) is 2.45. The van der Waals surface area contributed by atoms with Crippen molar-refractivity contribution in [3.8, 4) is 0 Å². The molecule has 2 atom stereocenters. The number of rotatable bonds is 5. The molecule has 108 valence electrons. The molecule has 2 rings (SSSR count). The molecule has 0 aromatic heterocycles. The Kier molecular flexibility index (Phi) is 5.38. The maximum Gasteiger partial charge on any atom is 0.187 e. The third-order valence-corrected chi connectivity index (χ3v) is 3.97. The van der Waals surface area contributed by atoms with Crippen LogP contribution in [0.2, 0.25) is 5.02 Å². The molecule has 0 aliphatic rings. The number of nitrogens with zero attached hydrogens (tertiary/aromatic N) is 1. The summed E-state index contributed by atoms with van der Waals surface area (Å²) >= 11 is 5.90. The van der Waals surface area contributed by atoms with Crippen molar-refractivity contribution in [1.29, 1.82) is 0 Å². The summed E-state index contributed by atoms with van der Waals surface area (Å²) in [6.07, 6.45) is 1.09. The van der Waals surface area contributed by atoms with E-state index in [-0.39, 0.29) is 5.92 Å². The van der Waals surface area contributed by atoms with Crippen LogP contribution < -0.4 is 0 Å². The molecule has 0 fully saturated rings. The third-order valence-electron chi connectivity index (χ3n) is 3.72. The third kappa shape index (κ3) is 4.07. The molecule has 0 saturated heterocycles. The molecule has 0 aliphatic heterocycles. The Bertz CT molecular complexity index is 630. The lowest BCUT2D eigenvalue weighted by Crippen LogP contribution is -2.14. The van der Waals surface area contributed by atoms with E-state index in [2.05, 4.69) is 11.8 Å². The second-order valence-electron chi connectivity index (χ2n) is 5.15. The Morgan fingerprint density at radius 3 is 2.52 bits per heavy atom. The molecule has 3 heteroatoms. The summed E-state index contributed by atoms with van der Waals surface area (Å²) in [4.78, 5) is 3.42. The lowest BCUT2D eigenvalue weighted by molar-refractivity contribution is 0.106. The Morgan fingerprint density at radius 1 is 1.19 bits per heavy atom. The van der Waals surface area contributed by atoms with E-state index in [1.807, 2.05) is 36.4 Å². The fourth-order valence-corrected chi connectivity index (χ4v) is 2.58. The predicted molar refractivity (Wildman–Crippen MR) is 86.6 cm³/mol. The van der Waals surface area contributed by atoms with Crippen molar-refractivity contribution in [2.24, 2.45) is 5.92 Å². The molecule has 0 spiro atoms. The van der Waals surface area contributed by atoms with Crippen LogP contribution in [0.4, 0.5) is 5.69 Å². The minimum Gasteiger partial charge on any atom is -0.388 e. The Hall–Kier alpha value is -1.82. The van der Waals surface area contributed by atoms with E-state index in [1.54, 1.807) is 12.1 Å². The molecule has 2 aromatic carbocycles. The summed E-state index contributed by atoms with van der Waals surface area (Å²) in [6.45, 7) is 9.14. The van der Waals surface area contributed by atoms with Gasteiger partial charge >= 0.3 is 0 Å². The maximum absolute atomic E-state index is 10.6. The quantitative estimate of drug-likeness (QED) is 0.755. The molecular formula is C18H18ClNO. The first-order valence-electron chi connectivity index (χ1n) is 7.04. The van der Waals surface area contributed by atoms with Crippen molar-refractivity contribution in [2.45, 2.75) is 25.9 Å². The zero-order valence-electron chi connectivity index (χ0n) is 12.0. The molecule has 0 heterocycles. The number of hydrogen-bond donors (Lipinski definition) is 1. The second-order valence-corrected chi connectivity index (χ2v) is 5.59. The molecule has 2 unspecified atom stereocenters. The monoisotopic (exact) mass is 299 g/mol. The van der Waals surface area contributed by atoms with Crippen LogP contribution in [-0.2, 0) is 6.42 Å².